The molecule has 21 heavy (non-hydrogen) atoms. The number of rotatable bonds is 13. The summed E-state index contributed by atoms with van der Waals surface area (Å²) in [5, 5.41) is 3.84. The van der Waals surface area contributed by atoms with Crippen molar-refractivity contribution < 1.29 is 0 Å². The lowest BCUT2D eigenvalue weighted by Crippen LogP contribution is -2.54. The molecule has 0 saturated heterocycles. The first kappa shape index (κ1) is 20.9. The zero-order chi connectivity index (χ0) is 16.3. The first-order valence-corrected chi connectivity index (χ1v) is 9.54. The second-order valence-corrected chi connectivity index (χ2v) is 6.89. The zero-order valence-corrected chi connectivity index (χ0v) is 15.9. The summed E-state index contributed by atoms with van der Waals surface area (Å²) in [4.78, 5) is 2.83. The lowest BCUT2D eigenvalue weighted by Gasteiger charge is -2.42. The molecule has 0 spiro atoms. The van der Waals surface area contributed by atoms with E-state index in [1.54, 1.807) is 0 Å². The summed E-state index contributed by atoms with van der Waals surface area (Å²) in [6.07, 6.45) is 7.60. The van der Waals surface area contributed by atoms with Gasteiger partial charge in [0.1, 0.15) is 0 Å². The van der Waals surface area contributed by atoms with Crippen LogP contribution in [0, 0.1) is 5.92 Å². The van der Waals surface area contributed by atoms with Crippen LogP contribution in [0.2, 0.25) is 0 Å². The molecule has 0 radical (unpaired) electrons. The number of nitrogens with zero attached hydrogens (tertiary/aromatic N) is 1. The highest BCUT2D eigenvalue weighted by Crippen LogP contribution is 2.21. The van der Waals surface area contributed by atoms with Gasteiger partial charge in [0.15, 0.2) is 0 Å². The molecular formula is C19H42N2. The molecule has 0 bridgehead atoms. The van der Waals surface area contributed by atoms with E-state index in [0.29, 0.717) is 12.1 Å². The van der Waals surface area contributed by atoms with Gasteiger partial charge in [0.25, 0.3) is 0 Å². The van der Waals surface area contributed by atoms with Crippen LogP contribution in [0.25, 0.3) is 0 Å². The lowest BCUT2D eigenvalue weighted by atomic mass is 9.94. The van der Waals surface area contributed by atoms with E-state index in [9.17, 15) is 0 Å². The molecule has 128 valence electrons. The monoisotopic (exact) mass is 298 g/mol. The summed E-state index contributed by atoms with van der Waals surface area (Å²) < 4.78 is 0. The van der Waals surface area contributed by atoms with Crippen LogP contribution >= 0.6 is 0 Å². The van der Waals surface area contributed by atoms with Crippen molar-refractivity contribution in [2.24, 2.45) is 5.92 Å². The normalized spacial score (nSPS) is 15.1. The predicted octanol–water partition coefficient (Wildman–Crippen LogP) is 5.08. The number of hydrogen-bond donors (Lipinski definition) is 1. The van der Waals surface area contributed by atoms with Gasteiger partial charge in [0.05, 0.1) is 0 Å². The maximum atomic E-state index is 3.84. The van der Waals surface area contributed by atoms with Crippen LogP contribution in [0.3, 0.4) is 0 Å². The SMILES string of the molecule is CCCNC(CCC)C(CC)N(CC(C)C)C(CC)CC. The van der Waals surface area contributed by atoms with Gasteiger partial charge in [-0.3, -0.25) is 4.90 Å². The highest BCUT2D eigenvalue weighted by atomic mass is 15.2. The van der Waals surface area contributed by atoms with Crippen molar-refractivity contribution in [2.45, 2.75) is 105 Å². The third kappa shape index (κ3) is 7.65. The van der Waals surface area contributed by atoms with Crippen LogP contribution in [0.15, 0.2) is 0 Å². The van der Waals surface area contributed by atoms with Gasteiger partial charge < -0.3 is 5.32 Å². The quantitative estimate of drug-likeness (QED) is 0.510. The first-order chi connectivity index (χ1) is 10.0. The second kappa shape index (κ2) is 12.5. The van der Waals surface area contributed by atoms with Crippen molar-refractivity contribution in [3.05, 3.63) is 0 Å². The summed E-state index contributed by atoms with van der Waals surface area (Å²) in [7, 11) is 0. The van der Waals surface area contributed by atoms with E-state index >= 15 is 0 Å². The van der Waals surface area contributed by atoms with Crippen molar-refractivity contribution in [3.63, 3.8) is 0 Å². The Balaban J connectivity index is 5.11. The molecule has 0 amide bonds. The molecule has 0 heterocycles. The summed E-state index contributed by atoms with van der Waals surface area (Å²) in [6, 6.07) is 2.07. The molecule has 0 aromatic rings. The molecule has 0 aromatic heterocycles. The third-order valence-corrected chi connectivity index (χ3v) is 4.55. The summed E-state index contributed by atoms with van der Waals surface area (Å²) in [6.45, 7) is 18.8. The van der Waals surface area contributed by atoms with E-state index < -0.39 is 0 Å². The maximum Gasteiger partial charge on any atom is 0.0249 e. The summed E-state index contributed by atoms with van der Waals surface area (Å²) in [5.74, 6) is 0.744. The topological polar surface area (TPSA) is 15.3 Å². The maximum absolute atomic E-state index is 3.84. The van der Waals surface area contributed by atoms with Crippen LogP contribution in [-0.4, -0.2) is 36.1 Å². The molecule has 2 atom stereocenters. The van der Waals surface area contributed by atoms with Gasteiger partial charge >= 0.3 is 0 Å². The average Bonchev–Trinajstić information content (AvgIpc) is 2.45. The van der Waals surface area contributed by atoms with Gasteiger partial charge in [-0.25, -0.2) is 0 Å². The molecule has 0 saturated carbocycles. The highest BCUT2D eigenvalue weighted by molar-refractivity contribution is 4.87. The highest BCUT2D eigenvalue weighted by Gasteiger charge is 2.29. The van der Waals surface area contributed by atoms with E-state index in [1.807, 2.05) is 0 Å². The smallest absolute Gasteiger partial charge is 0.0249 e. The van der Waals surface area contributed by atoms with Crippen molar-refractivity contribution in [1.29, 1.82) is 0 Å². The zero-order valence-electron chi connectivity index (χ0n) is 15.9. The Kier molecular flexibility index (Phi) is 12.4. The van der Waals surface area contributed by atoms with Crippen molar-refractivity contribution in [1.82, 2.24) is 10.2 Å². The van der Waals surface area contributed by atoms with Crippen molar-refractivity contribution in [3.8, 4) is 0 Å². The Morgan fingerprint density at radius 3 is 1.86 bits per heavy atom. The van der Waals surface area contributed by atoms with Gasteiger partial charge in [-0.05, 0) is 44.6 Å². The van der Waals surface area contributed by atoms with Gasteiger partial charge in [0, 0.05) is 24.7 Å². The fourth-order valence-electron chi connectivity index (χ4n) is 3.56. The van der Waals surface area contributed by atoms with Crippen LogP contribution in [-0.2, 0) is 0 Å². The molecule has 0 aliphatic heterocycles. The Labute approximate surface area is 135 Å². The molecule has 0 aliphatic rings. The predicted molar refractivity (Wildman–Crippen MR) is 97.0 cm³/mol. The van der Waals surface area contributed by atoms with Crippen LogP contribution in [0.1, 0.15) is 87.0 Å². The Morgan fingerprint density at radius 1 is 0.857 bits per heavy atom. The minimum Gasteiger partial charge on any atom is -0.312 e. The van der Waals surface area contributed by atoms with E-state index in [0.717, 1.165) is 18.5 Å². The average molecular weight is 299 g/mol. The van der Waals surface area contributed by atoms with Gasteiger partial charge in [-0.15, -0.1) is 0 Å². The largest absolute Gasteiger partial charge is 0.312 e. The Bertz CT molecular complexity index is 224. The number of nitrogens with one attached hydrogen (secondary N) is 1. The molecule has 2 heteroatoms. The number of hydrogen-bond acceptors (Lipinski definition) is 2. The van der Waals surface area contributed by atoms with Crippen LogP contribution in [0.4, 0.5) is 0 Å². The third-order valence-electron chi connectivity index (χ3n) is 4.55. The van der Waals surface area contributed by atoms with Gasteiger partial charge in [-0.2, -0.15) is 0 Å². The molecule has 0 aromatic carbocycles. The van der Waals surface area contributed by atoms with Gasteiger partial charge in [-0.1, -0.05) is 54.9 Å². The van der Waals surface area contributed by atoms with Crippen molar-refractivity contribution in [2.75, 3.05) is 13.1 Å². The summed E-state index contributed by atoms with van der Waals surface area (Å²) in [5.41, 5.74) is 0. The first-order valence-electron chi connectivity index (χ1n) is 9.54. The van der Waals surface area contributed by atoms with E-state index in [4.69, 9.17) is 0 Å². The minimum absolute atomic E-state index is 0.652. The van der Waals surface area contributed by atoms with E-state index in [1.165, 1.54) is 45.1 Å². The molecule has 0 aliphatic carbocycles. The standard InChI is InChI=1S/C19H42N2/c1-8-13-18(20-14-9-2)19(12-5)21(15-16(6)7)17(10-3)11-4/h16-20H,8-15H2,1-7H3. The molecular weight excluding hydrogens is 256 g/mol. The molecule has 1 N–H and O–H groups in total. The fourth-order valence-corrected chi connectivity index (χ4v) is 3.56. The minimum atomic E-state index is 0.652. The van der Waals surface area contributed by atoms with Crippen LogP contribution in [0.5, 0.6) is 0 Å². The molecule has 2 unspecified atom stereocenters. The molecule has 2 nitrogen and oxygen atoms in total. The van der Waals surface area contributed by atoms with E-state index in [2.05, 4.69) is 58.7 Å². The van der Waals surface area contributed by atoms with Gasteiger partial charge in [0.2, 0.25) is 0 Å². The fraction of sp³-hybridized carbons (Fsp3) is 1.00. The Morgan fingerprint density at radius 2 is 1.48 bits per heavy atom. The molecule has 0 rings (SSSR count). The van der Waals surface area contributed by atoms with Crippen molar-refractivity contribution >= 4 is 0 Å². The lowest BCUT2D eigenvalue weighted by molar-refractivity contribution is 0.0782. The Hall–Kier alpha value is -0.0800. The summed E-state index contributed by atoms with van der Waals surface area (Å²) >= 11 is 0. The van der Waals surface area contributed by atoms with E-state index in [-0.39, 0.29) is 0 Å². The van der Waals surface area contributed by atoms with Crippen LogP contribution < -0.4 is 5.32 Å². The second-order valence-electron chi connectivity index (χ2n) is 6.89. The molecule has 0 fully saturated rings.